The summed E-state index contributed by atoms with van der Waals surface area (Å²) in [4.78, 5) is 13.0. The van der Waals surface area contributed by atoms with Crippen molar-refractivity contribution in [3.8, 4) is 0 Å². The van der Waals surface area contributed by atoms with Gasteiger partial charge in [0.1, 0.15) is 5.82 Å². The van der Waals surface area contributed by atoms with Crippen LogP contribution in [-0.4, -0.2) is 35.6 Å². The second kappa shape index (κ2) is 6.13. The smallest absolute Gasteiger partial charge is 0.279 e. The molecule has 0 radical (unpaired) electrons. The molecule has 0 spiro atoms. The fourth-order valence-corrected chi connectivity index (χ4v) is 2.61. The molecule has 1 amide bonds. The number of sulfone groups is 1. The van der Waals surface area contributed by atoms with Crippen LogP contribution < -0.4 is 5.32 Å². The Hall–Kier alpha value is -1.81. The molecular formula is C12H12BrFN4O3S. The molecule has 0 aliphatic carbocycles. The van der Waals surface area contributed by atoms with Gasteiger partial charge in [-0.25, -0.2) is 12.8 Å². The summed E-state index contributed by atoms with van der Waals surface area (Å²) in [5.41, 5.74) is 0.583. The molecule has 10 heteroatoms. The van der Waals surface area contributed by atoms with Gasteiger partial charge in [-0.1, -0.05) is 6.07 Å². The van der Waals surface area contributed by atoms with Gasteiger partial charge in [-0.15, -0.1) is 10.2 Å². The second-order valence-electron chi connectivity index (χ2n) is 4.70. The molecule has 7 nitrogen and oxygen atoms in total. The van der Waals surface area contributed by atoms with E-state index in [-0.39, 0.29) is 16.0 Å². The van der Waals surface area contributed by atoms with Crippen LogP contribution in [-0.2, 0) is 15.7 Å². The molecule has 0 atom stereocenters. The first-order chi connectivity index (χ1) is 10.2. The molecule has 0 aliphatic heterocycles. The normalized spacial score (nSPS) is 11.5. The van der Waals surface area contributed by atoms with Gasteiger partial charge >= 0.3 is 0 Å². The third kappa shape index (κ3) is 4.10. The van der Waals surface area contributed by atoms with Crippen molar-refractivity contribution in [3.05, 3.63) is 39.9 Å². The molecule has 0 saturated heterocycles. The van der Waals surface area contributed by atoms with Gasteiger partial charge in [0.15, 0.2) is 26.0 Å². The molecule has 1 aromatic carbocycles. The number of anilines is 1. The van der Waals surface area contributed by atoms with Crippen LogP contribution in [0.1, 0.15) is 16.1 Å². The fraction of sp³-hybridized carbons (Fsp3) is 0.250. The summed E-state index contributed by atoms with van der Waals surface area (Å²) in [5, 5.41) is 9.93. The first-order valence-corrected chi connectivity index (χ1v) is 8.87. The van der Waals surface area contributed by atoms with Crippen molar-refractivity contribution in [1.29, 1.82) is 0 Å². The maximum Gasteiger partial charge on any atom is 0.279 e. The largest absolute Gasteiger partial charge is 0.318 e. The predicted octanol–water partition coefficient (Wildman–Crippen LogP) is 1.74. The molecule has 0 saturated carbocycles. The van der Waals surface area contributed by atoms with E-state index in [4.69, 9.17) is 0 Å². The number of aryl methyl sites for hydroxylation is 1. The molecule has 0 fully saturated rings. The Morgan fingerprint density at radius 1 is 1.41 bits per heavy atom. The van der Waals surface area contributed by atoms with E-state index in [1.165, 1.54) is 12.1 Å². The monoisotopic (exact) mass is 390 g/mol. The summed E-state index contributed by atoms with van der Waals surface area (Å²) in [5.74, 6) is -1.74. The summed E-state index contributed by atoms with van der Waals surface area (Å²) >= 11 is 3.02. The lowest BCUT2D eigenvalue weighted by Crippen LogP contribution is -2.16. The van der Waals surface area contributed by atoms with Gasteiger partial charge in [0.2, 0.25) is 0 Å². The number of nitrogens with zero attached hydrogens (tertiary/aromatic N) is 3. The predicted molar refractivity (Wildman–Crippen MR) is 81.7 cm³/mol. The highest BCUT2D eigenvalue weighted by molar-refractivity contribution is 9.10. The van der Waals surface area contributed by atoms with E-state index in [9.17, 15) is 17.6 Å². The summed E-state index contributed by atoms with van der Waals surface area (Å²) in [6.45, 7) is 1.72. The Kier molecular flexibility index (Phi) is 4.61. The number of nitrogens with one attached hydrogen (secondary N) is 1. The van der Waals surface area contributed by atoms with Crippen molar-refractivity contribution in [2.45, 2.75) is 12.8 Å². The number of carbonyl (C=O) groups excluding carboxylic acids is 1. The van der Waals surface area contributed by atoms with Crippen molar-refractivity contribution in [3.63, 3.8) is 0 Å². The number of rotatable bonds is 4. The van der Waals surface area contributed by atoms with Crippen LogP contribution in [0.4, 0.5) is 10.1 Å². The lowest BCUT2D eigenvalue weighted by atomic mass is 10.2. The minimum atomic E-state index is -3.35. The molecular weight excluding hydrogens is 379 g/mol. The number of hydrogen-bond donors (Lipinski definition) is 1. The molecule has 1 aromatic heterocycles. The van der Waals surface area contributed by atoms with E-state index in [0.29, 0.717) is 0 Å². The highest BCUT2D eigenvalue weighted by atomic mass is 79.9. The molecule has 1 N–H and O–H groups in total. The fourth-order valence-electron chi connectivity index (χ4n) is 1.64. The second-order valence-corrected chi connectivity index (χ2v) is 7.56. The van der Waals surface area contributed by atoms with Gasteiger partial charge in [0, 0.05) is 6.26 Å². The van der Waals surface area contributed by atoms with Gasteiger partial charge in [0.25, 0.3) is 5.91 Å². The molecule has 118 valence electrons. The maximum absolute atomic E-state index is 13.7. The molecule has 2 rings (SSSR count). The summed E-state index contributed by atoms with van der Waals surface area (Å²) in [6.07, 6.45) is 1.02. The van der Waals surface area contributed by atoms with E-state index in [0.717, 1.165) is 16.6 Å². The van der Waals surface area contributed by atoms with Gasteiger partial charge in [-0.05, 0) is 40.5 Å². The third-order valence-corrected chi connectivity index (χ3v) is 3.79. The lowest BCUT2D eigenvalue weighted by molar-refractivity contribution is 0.102. The van der Waals surface area contributed by atoms with Crippen LogP contribution in [0.3, 0.4) is 0 Å². The topological polar surface area (TPSA) is 94.0 Å². The Labute approximate surface area is 134 Å². The van der Waals surface area contributed by atoms with Crippen LogP contribution in [0.15, 0.2) is 22.8 Å². The zero-order chi connectivity index (χ0) is 16.5. The van der Waals surface area contributed by atoms with E-state index in [1.807, 2.05) is 0 Å². The minimum absolute atomic E-state index is 0.000151. The van der Waals surface area contributed by atoms with E-state index < -0.39 is 27.4 Å². The number of amides is 1. The van der Waals surface area contributed by atoms with Crippen molar-refractivity contribution in [2.24, 2.45) is 0 Å². The van der Waals surface area contributed by atoms with Gasteiger partial charge in [0.05, 0.1) is 5.69 Å². The van der Waals surface area contributed by atoms with Crippen LogP contribution >= 0.6 is 15.9 Å². The first kappa shape index (κ1) is 16.6. The minimum Gasteiger partial charge on any atom is -0.318 e. The number of aromatic nitrogens is 3. The van der Waals surface area contributed by atoms with Crippen LogP contribution in [0.25, 0.3) is 0 Å². The molecule has 22 heavy (non-hydrogen) atoms. The SMILES string of the molecule is Cc1ccc(NC(=O)c2nn(CS(C)(=O)=O)nc2Br)c(F)c1. The highest BCUT2D eigenvalue weighted by Gasteiger charge is 2.19. The van der Waals surface area contributed by atoms with Crippen molar-refractivity contribution >= 4 is 37.4 Å². The molecule has 0 unspecified atom stereocenters. The summed E-state index contributed by atoms with van der Waals surface area (Å²) in [7, 11) is -3.35. The molecule has 2 aromatic rings. The zero-order valence-electron chi connectivity index (χ0n) is 11.7. The third-order valence-electron chi connectivity index (χ3n) is 2.55. The Morgan fingerprint density at radius 3 is 2.68 bits per heavy atom. The van der Waals surface area contributed by atoms with Crippen LogP contribution in [0, 0.1) is 12.7 Å². The van der Waals surface area contributed by atoms with Crippen molar-refractivity contribution in [2.75, 3.05) is 11.6 Å². The average Bonchev–Trinajstić information content (AvgIpc) is 2.71. The maximum atomic E-state index is 13.7. The quantitative estimate of drug-likeness (QED) is 0.857. The summed E-state index contributed by atoms with van der Waals surface area (Å²) in [6, 6.07) is 4.36. The number of halogens is 2. The molecule has 0 aliphatic rings. The number of benzene rings is 1. The Balaban J connectivity index is 2.23. The zero-order valence-corrected chi connectivity index (χ0v) is 14.1. The van der Waals surface area contributed by atoms with Crippen molar-refractivity contribution < 1.29 is 17.6 Å². The average molecular weight is 391 g/mol. The lowest BCUT2D eigenvalue weighted by Gasteiger charge is -2.05. The van der Waals surface area contributed by atoms with Crippen molar-refractivity contribution in [1.82, 2.24) is 15.0 Å². The first-order valence-electron chi connectivity index (χ1n) is 6.01. The van der Waals surface area contributed by atoms with E-state index in [1.54, 1.807) is 13.0 Å². The number of hydrogen-bond acceptors (Lipinski definition) is 5. The van der Waals surface area contributed by atoms with Crippen LogP contribution in [0.2, 0.25) is 0 Å². The van der Waals surface area contributed by atoms with E-state index in [2.05, 4.69) is 31.4 Å². The van der Waals surface area contributed by atoms with Gasteiger partial charge in [-0.3, -0.25) is 4.79 Å². The number of carbonyl (C=O) groups is 1. The highest BCUT2D eigenvalue weighted by Crippen LogP contribution is 2.18. The standard InChI is InChI=1S/C12H12BrFN4O3S/c1-7-3-4-9(8(14)5-7)15-12(19)10-11(13)17-18(16-10)6-22(2,20)21/h3-5H,6H2,1-2H3,(H,15,19). The Bertz CT molecular complexity index is 835. The Morgan fingerprint density at radius 2 is 2.09 bits per heavy atom. The van der Waals surface area contributed by atoms with Gasteiger partial charge in [-0.2, -0.15) is 4.80 Å². The van der Waals surface area contributed by atoms with Gasteiger partial charge < -0.3 is 5.32 Å². The van der Waals surface area contributed by atoms with Crippen LogP contribution in [0.5, 0.6) is 0 Å². The van der Waals surface area contributed by atoms with E-state index >= 15 is 0 Å². The summed E-state index contributed by atoms with van der Waals surface area (Å²) < 4.78 is 36.2. The molecule has 0 bridgehead atoms. The molecule has 1 heterocycles.